The number of nitrogens with zero attached hydrogens (tertiary/aromatic N) is 2. The number of aromatic nitrogens is 1. The Labute approximate surface area is 80.9 Å². The van der Waals surface area contributed by atoms with Crippen LogP contribution in [0.25, 0.3) is 6.08 Å². The fourth-order valence-electron chi connectivity index (χ4n) is 0.961. The van der Waals surface area contributed by atoms with Crippen LogP contribution >= 0.6 is 0 Å². The van der Waals surface area contributed by atoms with Gasteiger partial charge in [0.25, 0.3) is 5.69 Å². The molecule has 1 aromatic rings. The lowest BCUT2D eigenvalue weighted by atomic mass is 10.2. The summed E-state index contributed by atoms with van der Waals surface area (Å²) in [6, 6.07) is 2.91. The van der Waals surface area contributed by atoms with Crippen molar-refractivity contribution >= 4 is 11.8 Å². The molecule has 1 N–H and O–H groups in total. The van der Waals surface area contributed by atoms with Crippen LogP contribution in [0.4, 0.5) is 5.69 Å². The Morgan fingerprint density at radius 1 is 1.64 bits per heavy atom. The first kappa shape index (κ1) is 10.3. The van der Waals surface area contributed by atoms with Crippen molar-refractivity contribution in [2.45, 2.75) is 6.42 Å². The van der Waals surface area contributed by atoms with Crippen LogP contribution in [0.3, 0.4) is 0 Å². The van der Waals surface area contributed by atoms with E-state index in [9.17, 15) is 10.1 Å². The van der Waals surface area contributed by atoms with E-state index in [1.54, 1.807) is 6.08 Å². The molecular formula is C9H10N2O3. The Bertz CT molecular complexity index is 350. The normalized spacial score (nSPS) is 10.6. The van der Waals surface area contributed by atoms with E-state index in [1.807, 2.05) is 0 Å². The predicted molar refractivity (Wildman–Crippen MR) is 51.6 cm³/mol. The van der Waals surface area contributed by atoms with E-state index < -0.39 is 4.92 Å². The van der Waals surface area contributed by atoms with Crippen LogP contribution in [0, 0.1) is 10.1 Å². The Balaban J connectivity index is 2.90. The average Bonchev–Trinajstić information content (AvgIpc) is 2.19. The second-order valence-electron chi connectivity index (χ2n) is 2.58. The number of hydrogen-bond donors (Lipinski definition) is 1. The zero-order chi connectivity index (χ0) is 10.4. The molecule has 0 unspecified atom stereocenters. The summed E-state index contributed by atoms with van der Waals surface area (Å²) in [4.78, 5) is 13.9. The Kier molecular flexibility index (Phi) is 3.75. The number of pyridine rings is 1. The van der Waals surface area contributed by atoms with Gasteiger partial charge in [0.05, 0.1) is 4.92 Å². The van der Waals surface area contributed by atoms with Crippen LogP contribution in [0.15, 0.2) is 24.4 Å². The molecule has 0 amide bonds. The molecule has 0 fully saturated rings. The Morgan fingerprint density at radius 2 is 2.43 bits per heavy atom. The van der Waals surface area contributed by atoms with Crippen LogP contribution in [-0.2, 0) is 0 Å². The largest absolute Gasteiger partial charge is 0.396 e. The Hall–Kier alpha value is -1.75. The molecule has 5 heteroatoms. The van der Waals surface area contributed by atoms with Gasteiger partial charge in [-0.05, 0) is 18.6 Å². The van der Waals surface area contributed by atoms with Crippen LogP contribution in [0.5, 0.6) is 0 Å². The maximum atomic E-state index is 10.5. The van der Waals surface area contributed by atoms with E-state index in [4.69, 9.17) is 5.11 Å². The van der Waals surface area contributed by atoms with Crippen molar-refractivity contribution in [3.05, 3.63) is 40.2 Å². The van der Waals surface area contributed by atoms with Gasteiger partial charge in [-0.1, -0.05) is 6.08 Å². The van der Waals surface area contributed by atoms with Gasteiger partial charge < -0.3 is 5.11 Å². The second kappa shape index (κ2) is 5.08. The topological polar surface area (TPSA) is 76.3 Å². The maximum Gasteiger partial charge on any atom is 0.294 e. The fourth-order valence-corrected chi connectivity index (χ4v) is 0.961. The molecule has 1 rings (SSSR count). The van der Waals surface area contributed by atoms with E-state index in [1.165, 1.54) is 24.4 Å². The van der Waals surface area contributed by atoms with Crippen molar-refractivity contribution in [2.24, 2.45) is 0 Å². The minimum absolute atomic E-state index is 0.0249. The second-order valence-corrected chi connectivity index (χ2v) is 2.58. The van der Waals surface area contributed by atoms with Crippen LogP contribution < -0.4 is 0 Å². The molecule has 0 bridgehead atoms. The maximum absolute atomic E-state index is 10.5. The fraction of sp³-hybridized carbons (Fsp3) is 0.222. The highest BCUT2D eigenvalue weighted by Crippen LogP contribution is 2.16. The molecule has 0 aliphatic rings. The third kappa shape index (κ3) is 2.63. The van der Waals surface area contributed by atoms with Gasteiger partial charge in [0, 0.05) is 18.9 Å². The molecule has 0 atom stereocenters. The van der Waals surface area contributed by atoms with E-state index in [0.717, 1.165) is 0 Å². The number of hydrogen-bond acceptors (Lipinski definition) is 4. The summed E-state index contributed by atoms with van der Waals surface area (Å²) in [5.41, 5.74) is 0.285. The first-order chi connectivity index (χ1) is 6.75. The van der Waals surface area contributed by atoms with Crippen LogP contribution in [0.2, 0.25) is 0 Å². The molecule has 0 aromatic carbocycles. The summed E-state index contributed by atoms with van der Waals surface area (Å²) in [5.74, 6) is 0. The van der Waals surface area contributed by atoms with E-state index in [0.29, 0.717) is 12.1 Å². The smallest absolute Gasteiger partial charge is 0.294 e. The van der Waals surface area contributed by atoms with Gasteiger partial charge in [0.1, 0.15) is 5.69 Å². The van der Waals surface area contributed by atoms with Gasteiger partial charge in [-0.25, -0.2) is 4.98 Å². The van der Waals surface area contributed by atoms with Gasteiger partial charge in [0.15, 0.2) is 0 Å². The lowest BCUT2D eigenvalue weighted by Gasteiger charge is -1.94. The first-order valence-electron chi connectivity index (χ1n) is 4.12. The minimum atomic E-state index is -0.481. The molecule has 14 heavy (non-hydrogen) atoms. The zero-order valence-electron chi connectivity index (χ0n) is 7.46. The molecule has 0 radical (unpaired) electrons. The SMILES string of the molecule is O=[N+]([O-])c1cccnc1C=CCCO. The molecule has 0 aliphatic carbocycles. The number of nitro groups is 1. The van der Waals surface area contributed by atoms with Crippen molar-refractivity contribution < 1.29 is 10.0 Å². The summed E-state index contributed by atoms with van der Waals surface area (Å²) in [7, 11) is 0. The summed E-state index contributed by atoms with van der Waals surface area (Å²) < 4.78 is 0. The molecule has 0 aliphatic heterocycles. The summed E-state index contributed by atoms with van der Waals surface area (Å²) in [5, 5.41) is 19.1. The lowest BCUT2D eigenvalue weighted by Crippen LogP contribution is -1.93. The third-order valence-corrected chi connectivity index (χ3v) is 1.58. The lowest BCUT2D eigenvalue weighted by molar-refractivity contribution is -0.385. The molecular weight excluding hydrogens is 184 g/mol. The molecule has 1 aromatic heterocycles. The van der Waals surface area contributed by atoms with Crippen LogP contribution in [0.1, 0.15) is 12.1 Å². The Morgan fingerprint density at radius 3 is 3.07 bits per heavy atom. The van der Waals surface area contributed by atoms with Crippen LogP contribution in [-0.4, -0.2) is 21.6 Å². The number of aliphatic hydroxyl groups excluding tert-OH is 1. The monoisotopic (exact) mass is 194 g/mol. The minimum Gasteiger partial charge on any atom is -0.396 e. The van der Waals surface area contributed by atoms with Gasteiger partial charge in [-0.3, -0.25) is 10.1 Å². The molecule has 0 saturated heterocycles. The van der Waals surface area contributed by atoms with Crippen molar-refractivity contribution in [1.29, 1.82) is 0 Å². The molecule has 1 heterocycles. The molecule has 0 saturated carbocycles. The zero-order valence-corrected chi connectivity index (χ0v) is 7.46. The number of aliphatic hydroxyl groups is 1. The van der Waals surface area contributed by atoms with E-state index in [-0.39, 0.29) is 12.3 Å². The molecule has 5 nitrogen and oxygen atoms in total. The van der Waals surface area contributed by atoms with Gasteiger partial charge in [-0.15, -0.1) is 0 Å². The van der Waals surface area contributed by atoms with Crippen molar-refractivity contribution in [3.63, 3.8) is 0 Å². The summed E-state index contributed by atoms with van der Waals surface area (Å²) in [6.07, 6.45) is 5.14. The quantitative estimate of drug-likeness (QED) is 0.580. The van der Waals surface area contributed by atoms with Crippen molar-refractivity contribution in [1.82, 2.24) is 4.98 Å². The van der Waals surface area contributed by atoms with E-state index >= 15 is 0 Å². The van der Waals surface area contributed by atoms with Gasteiger partial charge >= 0.3 is 0 Å². The number of rotatable bonds is 4. The first-order valence-corrected chi connectivity index (χ1v) is 4.12. The molecule has 74 valence electrons. The standard InChI is InChI=1S/C9H10N2O3/c12-7-2-1-4-8-9(11(13)14)5-3-6-10-8/h1,3-6,12H,2,7H2. The highest BCUT2D eigenvalue weighted by atomic mass is 16.6. The van der Waals surface area contributed by atoms with Gasteiger partial charge in [0.2, 0.25) is 0 Å². The van der Waals surface area contributed by atoms with Gasteiger partial charge in [-0.2, -0.15) is 0 Å². The van der Waals surface area contributed by atoms with Crippen molar-refractivity contribution in [3.8, 4) is 0 Å². The predicted octanol–water partition coefficient (Wildman–Crippen LogP) is 1.39. The third-order valence-electron chi connectivity index (χ3n) is 1.58. The average molecular weight is 194 g/mol. The summed E-state index contributed by atoms with van der Waals surface area (Å²) >= 11 is 0. The highest BCUT2D eigenvalue weighted by Gasteiger charge is 2.10. The molecule has 0 spiro atoms. The van der Waals surface area contributed by atoms with E-state index in [2.05, 4.69) is 4.98 Å². The summed E-state index contributed by atoms with van der Waals surface area (Å²) in [6.45, 7) is 0.0249. The highest BCUT2D eigenvalue weighted by molar-refractivity contribution is 5.56. The van der Waals surface area contributed by atoms with Crippen molar-refractivity contribution in [2.75, 3.05) is 6.61 Å².